The summed E-state index contributed by atoms with van der Waals surface area (Å²) in [6.07, 6.45) is 3.16. The smallest absolute Gasteiger partial charge is 0.131 e. The molecule has 3 rings (SSSR count). The number of aromatic nitrogens is 1. The fourth-order valence-corrected chi connectivity index (χ4v) is 3.62. The van der Waals surface area contributed by atoms with Crippen LogP contribution >= 0.6 is 0 Å². The Labute approximate surface area is 150 Å². The summed E-state index contributed by atoms with van der Waals surface area (Å²) >= 11 is 0. The van der Waals surface area contributed by atoms with E-state index in [0.717, 1.165) is 42.7 Å². The van der Waals surface area contributed by atoms with E-state index in [-0.39, 0.29) is 0 Å². The maximum atomic E-state index is 5.72. The molecule has 0 fully saturated rings. The van der Waals surface area contributed by atoms with Crippen molar-refractivity contribution in [3.05, 3.63) is 52.6 Å². The molecule has 0 atom stereocenters. The first-order valence-electron chi connectivity index (χ1n) is 9.03. The molecule has 0 aliphatic carbocycles. The third-order valence-electron chi connectivity index (χ3n) is 5.18. The average Bonchev–Trinajstić information content (AvgIpc) is 2.97. The summed E-state index contributed by atoms with van der Waals surface area (Å²) < 4.78 is 5.72. The van der Waals surface area contributed by atoms with E-state index in [4.69, 9.17) is 10.5 Å². The molecule has 3 nitrogen and oxygen atoms in total. The Morgan fingerprint density at radius 2 is 1.80 bits per heavy atom. The second-order valence-corrected chi connectivity index (χ2v) is 6.81. The number of para-hydroxylation sites is 1. The molecule has 25 heavy (non-hydrogen) atoms. The first-order valence-corrected chi connectivity index (χ1v) is 9.03. The lowest BCUT2D eigenvalue weighted by Gasteiger charge is -2.12. The number of rotatable bonds is 6. The van der Waals surface area contributed by atoms with E-state index in [0.29, 0.717) is 0 Å². The molecule has 132 valence electrons. The van der Waals surface area contributed by atoms with Crippen LogP contribution in [-0.2, 0) is 6.42 Å². The van der Waals surface area contributed by atoms with Crippen molar-refractivity contribution in [1.29, 1.82) is 0 Å². The van der Waals surface area contributed by atoms with Crippen LogP contribution in [0.5, 0.6) is 5.75 Å². The van der Waals surface area contributed by atoms with E-state index >= 15 is 0 Å². The minimum Gasteiger partial charge on any atom is -0.496 e. The van der Waals surface area contributed by atoms with Crippen LogP contribution in [0.3, 0.4) is 0 Å². The van der Waals surface area contributed by atoms with Gasteiger partial charge in [-0.2, -0.15) is 0 Å². The minimum absolute atomic E-state index is 0.740. The summed E-state index contributed by atoms with van der Waals surface area (Å²) in [5, 5.41) is 1.32. The van der Waals surface area contributed by atoms with E-state index in [9.17, 15) is 0 Å². The fourth-order valence-electron chi connectivity index (χ4n) is 3.62. The standard InChI is InChI=1S/C22H28N2O/c1-14-11-12-18-17(9-5-6-13-23)21(24-20(18)16(14)3)19-10-7-8-15(2)22(19)25-4/h7-8,10-12,24H,5-6,9,13,23H2,1-4H3. The van der Waals surface area contributed by atoms with E-state index in [1.165, 1.54) is 33.3 Å². The van der Waals surface area contributed by atoms with Crippen LogP contribution in [0.4, 0.5) is 0 Å². The van der Waals surface area contributed by atoms with Gasteiger partial charge in [-0.15, -0.1) is 0 Å². The molecule has 3 N–H and O–H groups in total. The average molecular weight is 336 g/mol. The predicted molar refractivity (Wildman–Crippen MR) is 106 cm³/mol. The van der Waals surface area contributed by atoms with Gasteiger partial charge in [0.1, 0.15) is 5.75 Å². The fraction of sp³-hybridized carbons (Fsp3) is 0.364. The molecule has 0 saturated carbocycles. The van der Waals surface area contributed by atoms with Crippen molar-refractivity contribution in [3.63, 3.8) is 0 Å². The highest BCUT2D eigenvalue weighted by molar-refractivity contribution is 5.94. The van der Waals surface area contributed by atoms with Crippen molar-refractivity contribution in [2.24, 2.45) is 5.73 Å². The quantitative estimate of drug-likeness (QED) is 0.619. The molecule has 0 spiro atoms. The van der Waals surface area contributed by atoms with Gasteiger partial charge >= 0.3 is 0 Å². The maximum Gasteiger partial charge on any atom is 0.131 e. The number of nitrogens with two attached hydrogens (primary N) is 1. The molecule has 0 aliphatic rings. The number of nitrogens with one attached hydrogen (secondary N) is 1. The molecule has 2 aromatic carbocycles. The van der Waals surface area contributed by atoms with Crippen molar-refractivity contribution in [1.82, 2.24) is 4.98 Å². The topological polar surface area (TPSA) is 51.0 Å². The number of hydrogen-bond acceptors (Lipinski definition) is 2. The van der Waals surface area contributed by atoms with Crippen LogP contribution in [0.25, 0.3) is 22.2 Å². The van der Waals surface area contributed by atoms with Crippen LogP contribution < -0.4 is 10.5 Å². The number of ether oxygens (including phenoxy) is 1. The minimum atomic E-state index is 0.740. The Morgan fingerprint density at radius 1 is 1.00 bits per heavy atom. The van der Waals surface area contributed by atoms with Gasteiger partial charge in [0.2, 0.25) is 0 Å². The van der Waals surface area contributed by atoms with Gasteiger partial charge in [0.15, 0.2) is 0 Å². The van der Waals surface area contributed by atoms with E-state index in [1.807, 2.05) is 0 Å². The van der Waals surface area contributed by atoms with Crippen molar-refractivity contribution in [2.45, 2.75) is 40.0 Å². The van der Waals surface area contributed by atoms with Gasteiger partial charge in [0, 0.05) is 16.5 Å². The zero-order chi connectivity index (χ0) is 18.0. The SMILES string of the molecule is COc1c(C)cccc1-c1[nH]c2c(C)c(C)ccc2c1CCCCN. The van der Waals surface area contributed by atoms with Crippen LogP contribution in [0.1, 0.15) is 35.1 Å². The summed E-state index contributed by atoms with van der Waals surface area (Å²) in [6, 6.07) is 10.8. The van der Waals surface area contributed by atoms with Crippen LogP contribution in [0.15, 0.2) is 30.3 Å². The normalized spacial score (nSPS) is 11.2. The van der Waals surface area contributed by atoms with Crippen molar-refractivity contribution < 1.29 is 4.74 Å². The summed E-state index contributed by atoms with van der Waals surface area (Å²) in [5.41, 5.74) is 14.4. The van der Waals surface area contributed by atoms with Crippen molar-refractivity contribution in [2.75, 3.05) is 13.7 Å². The lowest BCUT2D eigenvalue weighted by molar-refractivity contribution is 0.413. The number of H-pyrrole nitrogens is 1. The molecule has 0 bridgehead atoms. The first kappa shape index (κ1) is 17.6. The number of benzene rings is 2. The Hall–Kier alpha value is -2.26. The predicted octanol–water partition coefficient (Wildman–Crippen LogP) is 5.05. The number of methoxy groups -OCH3 is 1. The molecule has 3 aromatic rings. The molecule has 0 unspecified atom stereocenters. The van der Waals surface area contributed by atoms with Crippen molar-refractivity contribution >= 4 is 10.9 Å². The molecular formula is C22H28N2O. The molecule has 1 aromatic heterocycles. The van der Waals surface area contributed by atoms with E-state index in [1.54, 1.807) is 7.11 Å². The second kappa shape index (κ2) is 7.32. The lowest BCUT2D eigenvalue weighted by Crippen LogP contribution is -1.99. The molecular weight excluding hydrogens is 308 g/mol. The third kappa shape index (κ3) is 3.16. The highest BCUT2D eigenvalue weighted by atomic mass is 16.5. The van der Waals surface area contributed by atoms with Crippen LogP contribution in [-0.4, -0.2) is 18.6 Å². The number of aromatic amines is 1. The highest BCUT2D eigenvalue weighted by Crippen LogP contribution is 2.39. The van der Waals surface area contributed by atoms with Gasteiger partial charge in [-0.1, -0.05) is 24.3 Å². The highest BCUT2D eigenvalue weighted by Gasteiger charge is 2.18. The second-order valence-electron chi connectivity index (χ2n) is 6.81. The van der Waals surface area contributed by atoms with Crippen LogP contribution in [0, 0.1) is 20.8 Å². The van der Waals surface area contributed by atoms with Crippen molar-refractivity contribution in [3.8, 4) is 17.0 Å². The Bertz CT molecular complexity index is 893. The lowest BCUT2D eigenvalue weighted by atomic mass is 9.97. The molecule has 1 heterocycles. The van der Waals surface area contributed by atoms with Gasteiger partial charge in [-0.25, -0.2) is 0 Å². The first-order chi connectivity index (χ1) is 12.1. The summed E-state index contributed by atoms with van der Waals surface area (Å²) in [4.78, 5) is 3.71. The van der Waals surface area contributed by atoms with E-state index < -0.39 is 0 Å². The number of unbranched alkanes of at least 4 members (excludes halogenated alkanes) is 1. The molecule has 0 saturated heterocycles. The van der Waals surface area contributed by atoms with Gasteiger partial charge < -0.3 is 15.5 Å². The summed E-state index contributed by atoms with van der Waals surface area (Å²) in [7, 11) is 1.75. The van der Waals surface area contributed by atoms with Crippen LogP contribution in [0.2, 0.25) is 0 Å². The number of fused-ring (bicyclic) bond motifs is 1. The molecule has 0 aliphatic heterocycles. The molecule has 0 radical (unpaired) electrons. The largest absolute Gasteiger partial charge is 0.496 e. The van der Waals surface area contributed by atoms with E-state index in [2.05, 4.69) is 56.1 Å². The Morgan fingerprint density at radius 3 is 2.52 bits per heavy atom. The third-order valence-corrected chi connectivity index (χ3v) is 5.18. The molecule has 3 heteroatoms. The summed E-state index contributed by atoms with van der Waals surface area (Å²) in [5.74, 6) is 0.948. The van der Waals surface area contributed by atoms with Gasteiger partial charge in [0.25, 0.3) is 0 Å². The zero-order valence-corrected chi connectivity index (χ0v) is 15.7. The summed E-state index contributed by atoms with van der Waals surface area (Å²) in [6.45, 7) is 7.18. The number of hydrogen-bond donors (Lipinski definition) is 2. The zero-order valence-electron chi connectivity index (χ0n) is 15.7. The monoisotopic (exact) mass is 336 g/mol. The number of aryl methyl sites for hydroxylation is 4. The Balaban J connectivity index is 2.25. The van der Waals surface area contributed by atoms with Gasteiger partial charge in [-0.05, 0) is 74.9 Å². The molecule has 0 amide bonds. The van der Waals surface area contributed by atoms with Gasteiger partial charge in [-0.3, -0.25) is 0 Å². The van der Waals surface area contributed by atoms with Gasteiger partial charge in [0.05, 0.1) is 12.8 Å². The Kier molecular flexibility index (Phi) is 5.14. The maximum absolute atomic E-state index is 5.72.